The number of Topliss-reactive ketones (excluding diaryl/α,β-unsaturated/α-hetero) is 2. The fourth-order valence-electron chi connectivity index (χ4n) is 3.86. The van der Waals surface area contributed by atoms with Crippen LogP contribution in [0.5, 0.6) is 0 Å². The number of nitrogens with zero attached hydrogens (tertiary/aromatic N) is 2. The van der Waals surface area contributed by atoms with E-state index in [0.29, 0.717) is 12.8 Å². The molecule has 0 aromatic heterocycles. The number of carbonyl (C=O) groups excluding carboxylic acids is 3. The summed E-state index contributed by atoms with van der Waals surface area (Å²) in [5.41, 5.74) is 0. The van der Waals surface area contributed by atoms with E-state index in [1.165, 1.54) is 6.92 Å². The Bertz CT molecular complexity index is 688. The van der Waals surface area contributed by atoms with Crippen molar-refractivity contribution in [2.45, 2.75) is 125 Å². The van der Waals surface area contributed by atoms with E-state index in [0.717, 1.165) is 0 Å². The molecule has 0 bridgehead atoms. The Morgan fingerprint density at radius 2 is 1.03 bits per heavy atom. The van der Waals surface area contributed by atoms with Crippen molar-refractivity contribution in [1.82, 2.24) is 9.80 Å². The normalized spacial score (nSPS) is 16.1. The Kier molecular flexibility index (Phi) is 28.1. The fraction of sp³-hybridized carbons (Fsp3) is 0.833. The van der Waals surface area contributed by atoms with Crippen LogP contribution in [0.3, 0.4) is 0 Å². The molecule has 2 radical (unpaired) electrons. The molecule has 0 aliphatic carbocycles. The molecule has 0 heterocycles. The van der Waals surface area contributed by atoms with Crippen molar-refractivity contribution >= 4 is 17.5 Å². The van der Waals surface area contributed by atoms with E-state index in [2.05, 4.69) is 13.8 Å². The molecule has 0 aromatic rings. The largest absolute Gasteiger partial charge is 0.460 e. The maximum absolute atomic E-state index is 12.6. The summed E-state index contributed by atoms with van der Waals surface area (Å²) < 4.78 is 5.47. The molecule has 7 nitrogen and oxygen atoms in total. The number of esters is 1. The zero-order valence-corrected chi connectivity index (χ0v) is 32.9. The number of rotatable bonds is 15. The van der Waals surface area contributed by atoms with Gasteiger partial charge < -0.3 is 23.7 Å². The van der Waals surface area contributed by atoms with Crippen molar-refractivity contribution in [3.8, 4) is 0 Å². The average Bonchev–Trinajstić information content (AvgIpc) is 2.81. The van der Waals surface area contributed by atoms with Crippen LogP contribution in [0, 0.1) is 37.5 Å². The minimum atomic E-state index is -0.644. The first kappa shape index (κ1) is 46.8. The van der Waals surface area contributed by atoms with E-state index in [4.69, 9.17) is 4.74 Å². The molecule has 0 aromatic carbocycles. The molecular formula is C30H58N2O5Y2-2. The summed E-state index contributed by atoms with van der Waals surface area (Å²) in [6, 6.07) is -0.422. The van der Waals surface area contributed by atoms with Crippen LogP contribution in [-0.4, -0.2) is 82.9 Å². The smallest absolute Gasteiger partial charge is 0.302 e. The van der Waals surface area contributed by atoms with E-state index in [9.17, 15) is 19.5 Å². The molecule has 226 valence electrons. The van der Waals surface area contributed by atoms with Gasteiger partial charge in [0.05, 0.1) is 12.1 Å². The predicted molar refractivity (Wildman–Crippen MR) is 153 cm³/mol. The summed E-state index contributed by atoms with van der Waals surface area (Å²) in [6.45, 7) is 28.6. The van der Waals surface area contributed by atoms with Gasteiger partial charge in [-0.15, -0.1) is 0 Å². The molecule has 0 rings (SSSR count). The van der Waals surface area contributed by atoms with Gasteiger partial charge in [-0.05, 0) is 53.6 Å². The van der Waals surface area contributed by atoms with Crippen LogP contribution in [0.1, 0.15) is 89.0 Å². The standard InChI is InChI=1S/C16H30NO3.C14H28NO2.2Y/c1-9-12(6)16(20-13(7)18)14(15(19)10(2)3)17(8)11(4)5;1-8-11(6)14(17)12(13(16)9(2)3)15(7)10(4)5;;/h10-12,14,16H,1,9H2,2-8H3;9-12,14,17H,1,8H2,2-7H3;;/q2*-1;;/t12-,14?,16-;11-,12?,14-;;/m11../s1. The topological polar surface area (TPSA) is 87.1 Å². The molecule has 0 fully saturated rings. The fourth-order valence-corrected chi connectivity index (χ4v) is 3.86. The molecule has 6 atom stereocenters. The number of ketones is 2. The van der Waals surface area contributed by atoms with Crippen molar-refractivity contribution in [1.29, 1.82) is 0 Å². The molecule has 0 amide bonds. The third kappa shape index (κ3) is 16.4. The van der Waals surface area contributed by atoms with Gasteiger partial charge in [0.2, 0.25) is 0 Å². The molecule has 0 saturated carbocycles. The van der Waals surface area contributed by atoms with E-state index in [1.54, 1.807) is 0 Å². The molecular weight excluding hydrogens is 646 g/mol. The van der Waals surface area contributed by atoms with E-state index < -0.39 is 24.3 Å². The minimum absolute atomic E-state index is 0. The van der Waals surface area contributed by atoms with Crippen molar-refractivity contribution in [2.75, 3.05) is 14.1 Å². The van der Waals surface area contributed by atoms with Gasteiger partial charge in [0.25, 0.3) is 0 Å². The molecule has 0 spiro atoms. The second kappa shape index (κ2) is 23.4. The molecule has 0 aliphatic heterocycles. The van der Waals surface area contributed by atoms with Gasteiger partial charge >= 0.3 is 5.97 Å². The van der Waals surface area contributed by atoms with E-state index in [-0.39, 0.29) is 119 Å². The summed E-state index contributed by atoms with van der Waals surface area (Å²) in [6.07, 6.45) is 0.155. The zero-order valence-electron chi connectivity index (χ0n) is 27.2. The summed E-state index contributed by atoms with van der Waals surface area (Å²) in [5.74, 6) is -0.239. The van der Waals surface area contributed by atoms with Crippen LogP contribution in [-0.2, 0) is 84.5 Å². The summed E-state index contributed by atoms with van der Waals surface area (Å²) in [7, 11) is 3.80. The van der Waals surface area contributed by atoms with Gasteiger partial charge in [-0.2, -0.15) is 12.8 Å². The molecule has 2 unspecified atom stereocenters. The van der Waals surface area contributed by atoms with E-state index in [1.807, 2.05) is 93.1 Å². The number of aliphatic hydroxyl groups is 1. The minimum Gasteiger partial charge on any atom is -0.460 e. The molecule has 1 N–H and O–H groups in total. The maximum atomic E-state index is 12.6. The molecule has 0 aliphatic rings. The number of hydrogen-bond acceptors (Lipinski definition) is 7. The predicted octanol–water partition coefficient (Wildman–Crippen LogP) is 4.85. The van der Waals surface area contributed by atoms with Gasteiger partial charge in [0, 0.05) is 96.3 Å². The van der Waals surface area contributed by atoms with Gasteiger partial charge in [-0.1, -0.05) is 41.5 Å². The van der Waals surface area contributed by atoms with Crippen molar-refractivity contribution in [2.24, 2.45) is 23.7 Å². The van der Waals surface area contributed by atoms with Crippen LogP contribution in [0.2, 0.25) is 0 Å². The van der Waals surface area contributed by atoms with Crippen molar-refractivity contribution in [3.05, 3.63) is 13.8 Å². The van der Waals surface area contributed by atoms with Crippen LogP contribution < -0.4 is 0 Å². The number of ether oxygens (including phenoxy) is 1. The van der Waals surface area contributed by atoms with Crippen molar-refractivity contribution in [3.63, 3.8) is 0 Å². The number of carbonyl (C=O) groups is 3. The first-order valence-electron chi connectivity index (χ1n) is 13.8. The average molecular weight is 705 g/mol. The van der Waals surface area contributed by atoms with Crippen molar-refractivity contribution < 1.29 is 89.6 Å². The summed E-state index contributed by atoms with van der Waals surface area (Å²) in [4.78, 5) is 40.1. The number of hydrogen-bond donors (Lipinski definition) is 1. The second-order valence-electron chi connectivity index (χ2n) is 11.6. The van der Waals surface area contributed by atoms with Gasteiger partial charge in [0.1, 0.15) is 12.1 Å². The third-order valence-electron chi connectivity index (χ3n) is 7.22. The van der Waals surface area contributed by atoms with Crippen LogP contribution in [0.15, 0.2) is 0 Å². The van der Waals surface area contributed by atoms with Gasteiger partial charge in [-0.25, -0.2) is 0 Å². The Morgan fingerprint density at radius 3 is 1.31 bits per heavy atom. The van der Waals surface area contributed by atoms with Crippen LogP contribution >= 0.6 is 0 Å². The Labute approximate surface area is 291 Å². The summed E-state index contributed by atoms with van der Waals surface area (Å²) >= 11 is 0. The number of aliphatic hydroxyl groups excluding tert-OH is 1. The first-order chi connectivity index (χ1) is 16.9. The quantitative estimate of drug-likeness (QED) is 0.193. The zero-order chi connectivity index (χ0) is 29.8. The Hall–Kier alpha value is 0.898. The molecule has 9 heteroatoms. The third-order valence-corrected chi connectivity index (χ3v) is 7.22. The number of likely N-dealkylation sites (N-methyl/N-ethyl adjacent to an activating group) is 2. The van der Waals surface area contributed by atoms with Gasteiger partial charge in [0.15, 0.2) is 11.6 Å². The maximum Gasteiger partial charge on any atom is 0.302 e. The molecule has 39 heavy (non-hydrogen) atoms. The SMILES string of the molecule is [CH2-]C[C@@H](C)[C@@H](O)C(C(=O)C(C)C)N(C)C(C)C.[CH2-]C[C@@H](C)[C@@H](OC(C)=O)C(C(=O)C(C)C)N(C)C(C)C.[Y].[Y]. The second-order valence-corrected chi connectivity index (χ2v) is 11.6. The monoisotopic (exact) mass is 704 g/mol. The van der Waals surface area contributed by atoms with Gasteiger partial charge in [-0.3, -0.25) is 24.2 Å². The Morgan fingerprint density at radius 1 is 0.692 bits per heavy atom. The van der Waals surface area contributed by atoms with Crippen LogP contribution in [0.4, 0.5) is 0 Å². The molecule has 0 saturated heterocycles. The first-order valence-corrected chi connectivity index (χ1v) is 13.8. The Balaban J connectivity index is -0.000000302. The van der Waals surface area contributed by atoms with Crippen LogP contribution in [0.25, 0.3) is 0 Å². The van der Waals surface area contributed by atoms with E-state index >= 15 is 0 Å². The summed E-state index contributed by atoms with van der Waals surface area (Å²) in [5, 5.41) is 10.3.